The molecule has 6 heteroatoms. The highest BCUT2D eigenvalue weighted by Crippen LogP contribution is 2.35. The maximum absolute atomic E-state index is 5.19. The second-order valence-electron chi connectivity index (χ2n) is 4.44. The van der Waals surface area contributed by atoms with Gasteiger partial charge in [-0.2, -0.15) is 4.98 Å². The van der Waals surface area contributed by atoms with E-state index in [9.17, 15) is 0 Å². The van der Waals surface area contributed by atoms with E-state index < -0.39 is 0 Å². The van der Waals surface area contributed by atoms with Crippen molar-refractivity contribution in [2.45, 2.75) is 25.3 Å². The summed E-state index contributed by atoms with van der Waals surface area (Å²) >= 11 is 5.20. The van der Waals surface area contributed by atoms with Gasteiger partial charge in [-0.1, -0.05) is 0 Å². The number of fused-ring (bicyclic) bond motifs is 1. The van der Waals surface area contributed by atoms with Gasteiger partial charge in [0.15, 0.2) is 0 Å². The molecule has 3 rings (SSSR count). The number of ether oxygens (including phenoxy) is 1. The van der Waals surface area contributed by atoms with Crippen LogP contribution in [0.1, 0.15) is 29.3 Å². The fraction of sp³-hybridized carbons (Fsp3) is 0.385. The zero-order valence-electron chi connectivity index (χ0n) is 10.5. The number of halogens is 1. The first-order valence-electron chi connectivity index (χ1n) is 6.17. The van der Waals surface area contributed by atoms with E-state index in [-0.39, 0.29) is 0 Å². The van der Waals surface area contributed by atoms with Crippen LogP contribution >= 0.6 is 27.3 Å². The third-order valence-electron chi connectivity index (χ3n) is 3.26. The van der Waals surface area contributed by atoms with Crippen LogP contribution in [0.25, 0.3) is 0 Å². The second kappa shape index (κ2) is 5.46. The summed E-state index contributed by atoms with van der Waals surface area (Å²) in [6.07, 6.45) is 5.23. The molecule has 1 N–H and O–H groups in total. The largest absolute Gasteiger partial charge is 0.480 e. The second-order valence-corrected chi connectivity index (χ2v) is 6.29. The van der Waals surface area contributed by atoms with Gasteiger partial charge in [0.05, 0.1) is 23.8 Å². The number of anilines is 1. The van der Waals surface area contributed by atoms with E-state index in [1.165, 1.54) is 23.3 Å². The molecule has 1 aliphatic rings. The van der Waals surface area contributed by atoms with Crippen LogP contribution in [-0.4, -0.2) is 17.1 Å². The lowest BCUT2D eigenvalue weighted by atomic mass is 9.94. The number of rotatable bonds is 3. The number of methoxy groups -OCH3 is 1. The molecule has 2 aromatic rings. The van der Waals surface area contributed by atoms with Crippen molar-refractivity contribution in [3.05, 3.63) is 32.6 Å². The molecule has 1 aliphatic carbocycles. The standard InChI is InChI=1S/C13H14BrN3OS/c1-18-12-9(14)7-15-13(17-12)16-10-3-2-4-11-8(10)5-6-19-11/h5-7,10H,2-4H2,1H3,(H,15,16,17). The van der Waals surface area contributed by atoms with Gasteiger partial charge in [-0.05, 0) is 52.2 Å². The van der Waals surface area contributed by atoms with Crippen molar-refractivity contribution in [1.82, 2.24) is 9.97 Å². The minimum absolute atomic E-state index is 0.306. The van der Waals surface area contributed by atoms with Gasteiger partial charge < -0.3 is 10.1 Å². The molecule has 0 saturated carbocycles. The van der Waals surface area contributed by atoms with E-state index >= 15 is 0 Å². The van der Waals surface area contributed by atoms with Crippen LogP contribution in [0.4, 0.5) is 5.95 Å². The Bertz CT molecular complexity index is 587. The Balaban J connectivity index is 1.83. The van der Waals surface area contributed by atoms with E-state index in [1.54, 1.807) is 13.3 Å². The van der Waals surface area contributed by atoms with Gasteiger partial charge in [-0.25, -0.2) is 4.98 Å². The summed E-state index contributed by atoms with van der Waals surface area (Å²) in [6.45, 7) is 0. The summed E-state index contributed by atoms with van der Waals surface area (Å²) in [7, 11) is 1.61. The highest BCUT2D eigenvalue weighted by atomic mass is 79.9. The van der Waals surface area contributed by atoms with E-state index in [2.05, 4.69) is 42.7 Å². The molecule has 0 spiro atoms. The molecule has 1 atom stereocenters. The molecular weight excluding hydrogens is 326 g/mol. The van der Waals surface area contributed by atoms with Gasteiger partial charge in [0.25, 0.3) is 0 Å². The van der Waals surface area contributed by atoms with Gasteiger partial charge in [0.2, 0.25) is 11.8 Å². The summed E-state index contributed by atoms with van der Waals surface area (Å²) in [6, 6.07) is 2.51. The monoisotopic (exact) mass is 339 g/mol. The molecule has 100 valence electrons. The molecule has 2 heterocycles. The van der Waals surface area contributed by atoms with E-state index in [4.69, 9.17) is 4.74 Å². The highest BCUT2D eigenvalue weighted by Gasteiger charge is 2.22. The van der Waals surface area contributed by atoms with Crippen LogP contribution in [0, 0.1) is 0 Å². The molecular formula is C13H14BrN3OS. The first-order valence-corrected chi connectivity index (χ1v) is 7.84. The number of aromatic nitrogens is 2. The Kier molecular flexibility index (Phi) is 3.70. The smallest absolute Gasteiger partial charge is 0.232 e. The summed E-state index contributed by atoms with van der Waals surface area (Å²) in [5.41, 5.74) is 1.39. The molecule has 0 aromatic carbocycles. The van der Waals surface area contributed by atoms with Crippen LogP contribution in [-0.2, 0) is 6.42 Å². The number of nitrogens with zero attached hydrogens (tertiary/aromatic N) is 2. The van der Waals surface area contributed by atoms with Gasteiger partial charge in [0, 0.05) is 4.88 Å². The average molecular weight is 340 g/mol. The fourth-order valence-electron chi connectivity index (χ4n) is 2.36. The van der Waals surface area contributed by atoms with Gasteiger partial charge in [-0.3, -0.25) is 0 Å². The number of aryl methyl sites for hydroxylation is 1. The third-order valence-corrected chi connectivity index (χ3v) is 4.80. The van der Waals surface area contributed by atoms with Crippen LogP contribution in [0.15, 0.2) is 22.1 Å². The summed E-state index contributed by atoms with van der Waals surface area (Å²) < 4.78 is 5.96. The van der Waals surface area contributed by atoms with Crippen molar-refractivity contribution in [2.24, 2.45) is 0 Å². The first kappa shape index (κ1) is 12.9. The van der Waals surface area contributed by atoms with Gasteiger partial charge >= 0.3 is 0 Å². The Morgan fingerprint density at radius 2 is 2.42 bits per heavy atom. The molecule has 0 aliphatic heterocycles. The van der Waals surface area contributed by atoms with Gasteiger partial charge in [-0.15, -0.1) is 11.3 Å². The summed E-state index contributed by atoms with van der Waals surface area (Å²) in [4.78, 5) is 10.1. The lowest BCUT2D eigenvalue weighted by molar-refractivity contribution is 0.394. The van der Waals surface area contributed by atoms with Crippen molar-refractivity contribution in [2.75, 3.05) is 12.4 Å². The van der Waals surface area contributed by atoms with E-state index in [0.29, 0.717) is 17.9 Å². The maximum atomic E-state index is 5.19. The minimum atomic E-state index is 0.306. The molecule has 0 amide bonds. The Morgan fingerprint density at radius 3 is 3.26 bits per heavy atom. The predicted molar refractivity (Wildman–Crippen MR) is 79.9 cm³/mol. The van der Waals surface area contributed by atoms with Crippen molar-refractivity contribution in [1.29, 1.82) is 0 Å². The van der Waals surface area contributed by atoms with Crippen LogP contribution in [0.2, 0.25) is 0 Å². The Morgan fingerprint density at radius 1 is 1.53 bits per heavy atom. The Labute approximate surface area is 124 Å². The van der Waals surface area contributed by atoms with E-state index in [1.807, 2.05) is 11.3 Å². The van der Waals surface area contributed by atoms with E-state index in [0.717, 1.165) is 10.9 Å². The lowest BCUT2D eigenvalue weighted by Crippen LogP contribution is -2.17. The molecule has 4 nitrogen and oxygen atoms in total. The van der Waals surface area contributed by atoms with Gasteiger partial charge in [0.1, 0.15) is 0 Å². The third kappa shape index (κ3) is 2.60. The summed E-state index contributed by atoms with van der Waals surface area (Å²) in [5, 5.41) is 5.57. The summed E-state index contributed by atoms with van der Waals surface area (Å²) in [5.74, 6) is 1.17. The van der Waals surface area contributed by atoms with Crippen LogP contribution in [0.5, 0.6) is 5.88 Å². The molecule has 19 heavy (non-hydrogen) atoms. The number of nitrogens with one attached hydrogen (secondary N) is 1. The molecule has 0 fully saturated rings. The Hall–Kier alpha value is -1.14. The predicted octanol–water partition coefficient (Wildman–Crippen LogP) is 3.80. The zero-order chi connectivity index (χ0) is 13.2. The van der Waals surface area contributed by atoms with Crippen molar-refractivity contribution < 1.29 is 4.74 Å². The van der Waals surface area contributed by atoms with Crippen molar-refractivity contribution in [3.8, 4) is 5.88 Å². The quantitative estimate of drug-likeness (QED) is 0.923. The highest BCUT2D eigenvalue weighted by molar-refractivity contribution is 9.10. The molecule has 1 unspecified atom stereocenters. The first-order chi connectivity index (χ1) is 9.28. The van der Waals surface area contributed by atoms with Crippen LogP contribution < -0.4 is 10.1 Å². The average Bonchev–Trinajstić information content (AvgIpc) is 2.90. The number of hydrogen-bond acceptors (Lipinski definition) is 5. The lowest BCUT2D eigenvalue weighted by Gasteiger charge is -2.23. The number of hydrogen-bond donors (Lipinski definition) is 1. The SMILES string of the molecule is COc1nc(NC2CCCc3sccc32)ncc1Br. The maximum Gasteiger partial charge on any atom is 0.232 e. The molecule has 2 aromatic heterocycles. The minimum Gasteiger partial charge on any atom is -0.480 e. The van der Waals surface area contributed by atoms with Crippen LogP contribution in [0.3, 0.4) is 0 Å². The normalized spacial score (nSPS) is 17.9. The topological polar surface area (TPSA) is 47.0 Å². The zero-order valence-corrected chi connectivity index (χ0v) is 12.9. The fourth-order valence-corrected chi connectivity index (χ4v) is 3.70. The molecule has 0 bridgehead atoms. The molecule has 0 saturated heterocycles. The van der Waals surface area contributed by atoms with Crippen molar-refractivity contribution in [3.63, 3.8) is 0 Å². The number of thiophene rings is 1. The van der Waals surface area contributed by atoms with Crippen molar-refractivity contribution >= 4 is 33.2 Å². The molecule has 0 radical (unpaired) electrons.